The van der Waals surface area contributed by atoms with E-state index in [1.54, 1.807) is 37.5 Å². The highest BCUT2D eigenvalue weighted by Crippen LogP contribution is 2.27. The SMILES string of the molecule is CCc1cc(C=O)n(S(=O)c2ccc(C(=O)NCCC3CCCC3)cc2NC)c1. The maximum Gasteiger partial charge on any atom is 0.251 e. The molecule has 1 aromatic heterocycles. The van der Waals surface area contributed by atoms with Gasteiger partial charge in [-0.25, -0.2) is 4.21 Å². The lowest BCUT2D eigenvalue weighted by Gasteiger charge is -2.13. The molecule has 1 atom stereocenters. The Kier molecular flexibility index (Phi) is 7.25. The van der Waals surface area contributed by atoms with E-state index in [1.807, 2.05) is 6.92 Å². The van der Waals surface area contributed by atoms with E-state index >= 15 is 0 Å². The van der Waals surface area contributed by atoms with Crippen molar-refractivity contribution >= 4 is 28.9 Å². The van der Waals surface area contributed by atoms with Gasteiger partial charge in [0, 0.05) is 25.4 Å². The van der Waals surface area contributed by atoms with Crippen LogP contribution in [0.4, 0.5) is 5.69 Å². The first-order valence-corrected chi connectivity index (χ1v) is 11.4. The average molecular weight is 416 g/mol. The van der Waals surface area contributed by atoms with Gasteiger partial charge in [0.05, 0.1) is 16.3 Å². The molecule has 0 saturated heterocycles. The summed E-state index contributed by atoms with van der Waals surface area (Å²) >= 11 is 0. The Labute approximate surface area is 174 Å². The van der Waals surface area contributed by atoms with E-state index < -0.39 is 11.0 Å². The van der Waals surface area contributed by atoms with Crippen LogP contribution in [0.5, 0.6) is 0 Å². The van der Waals surface area contributed by atoms with Crippen molar-refractivity contribution in [3.8, 4) is 0 Å². The van der Waals surface area contributed by atoms with Crippen LogP contribution in [0.1, 0.15) is 65.4 Å². The van der Waals surface area contributed by atoms with E-state index in [0.29, 0.717) is 34.7 Å². The van der Waals surface area contributed by atoms with Crippen LogP contribution < -0.4 is 10.6 Å². The number of aromatic nitrogens is 1. The van der Waals surface area contributed by atoms with E-state index in [-0.39, 0.29) is 5.91 Å². The van der Waals surface area contributed by atoms with Crippen molar-refractivity contribution in [2.24, 2.45) is 5.92 Å². The number of benzene rings is 1. The van der Waals surface area contributed by atoms with Crippen molar-refractivity contribution in [3.05, 3.63) is 47.3 Å². The van der Waals surface area contributed by atoms with Gasteiger partial charge >= 0.3 is 0 Å². The maximum absolute atomic E-state index is 13.1. The number of anilines is 1. The summed E-state index contributed by atoms with van der Waals surface area (Å²) in [6.07, 6.45) is 9.36. The van der Waals surface area contributed by atoms with Gasteiger partial charge in [-0.3, -0.25) is 13.6 Å². The molecule has 7 heteroatoms. The number of hydrogen-bond acceptors (Lipinski definition) is 4. The fraction of sp³-hybridized carbons (Fsp3) is 0.455. The molecule has 156 valence electrons. The Balaban J connectivity index is 1.74. The zero-order valence-electron chi connectivity index (χ0n) is 17.1. The Hall–Kier alpha value is -2.41. The summed E-state index contributed by atoms with van der Waals surface area (Å²) in [7, 11) is 0.140. The molecule has 3 rings (SSSR count). The minimum Gasteiger partial charge on any atom is -0.387 e. The van der Waals surface area contributed by atoms with Crippen molar-refractivity contribution in [1.29, 1.82) is 0 Å². The molecule has 2 N–H and O–H groups in total. The number of nitrogens with zero attached hydrogens (tertiary/aromatic N) is 1. The Bertz CT molecular complexity index is 901. The summed E-state index contributed by atoms with van der Waals surface area (Å²) in [4.78, 5) is 24.4. The van der Waals surface area contributed by atoms with Gasteiger partial charge in [0.2, 0.25) is 0 Å². The van der Waals surface area contributed by atoms with Crippen molar-refractivity contribution < 1.29 is 13.8 Å². The number of hydrogen-bond donors (Lipinski definition) is 2. The van der Waals surface area contributed by atoms with Crippen molar-refractivity contribution in [2.75, 3.05) is 18.9 Å². The van der Waals surface area contributed by atoms with Gasteiger partial charge in [0.1, 0.15) is 0 Å². The second kappa shape index (κ2) is 9.87. The van der Waals surface area contributed by atoms with Crippen molar-refractivity contribution in [1.82, 2.24) is 9.29 Å². The Morgan fingerprint density at radius 2 is 2.03 bits per heavy atom. The molecule has 0 radical (unpaired) electrons. The van der Waals surface area contributed by atoms with Gasteiger partial charge in [-0.05, 0) is 48.6 Å². The second-order valence-electron chi connectivity index (χ2n) is 7.48. The topological polar surface area (TPSA) is 80.2 Å². The van der Waals surface area contributed by atoms with Gasteiger partial charge in [0.15, 0.2) is 17.3 Å². The molecule has 1 heterocycles. The first kappa shape index (κ1) is 21.3. The van der Waals surface area contributed by atoms with Gasteiger partial charge in [-0.15, -0.1) is 0 Å². The number of rotatable bonds is 9. The predicted molar refractivity (Wildman–Crippen MR) is 116 cm³/mol. The lowest BCUT2D eigenvalue weighted by Crippen LogP contribution is -2.25. The minimum absolute atomic E-state index is 0.125. The summed E-state index contributed by atoms with van der Waals surface area (Å²) in [5, 5.41) is 6.02. The van der Waals surface area contributed by atoms with Crippen LogP contribution in [0.15, 0.2) is 35.4 Å². The molecular formula is C22H29N3O3S. The smallest absolute Gasteiger partial charge is 0.251 e. The number of nitrogens with one attached hydrogen (secondary N) is 2. The third kappa shape index (κ3) is 4.96. The Morgan fingerprint density at radius 3 is 2.69 bits per heavy atom. The fourth-order valence-corrected chi connectivity index (χ4v) is 5.12. The summed E-state index contributed by atoms with van der Waals surface area (Å²) in [5.41, 5.74) is 2.45. The average Bonchev–Trinajstić information content (AvgIpc) is 3.42. The van der Waals surface area contributed by atoms with E-state index in [1.165, 1.54) is 29.7 Å². The highest BCUT2D eigenvalue weighted by molar-refractivity contribution is 7.83. The molecule has 29 heavy (non-hydrogen) atoms. The first-order valence-electron chi connectivity index (χ1n) is 10.3. The first-order chi connectivity index (χ1) is 14.1. The molecule has 0 bridgehead atoms. The van der Waals surface area contributed by atoms with Gasteiger partial charge < -0.3 is 10.6 Å². The van der Waals surface area contributed by atoms with Gasteiger partial charge in [0.25, 0.3) is 5.91 Å². The largest absolute Gasteiger partial charge is 0.387 e. The van der Waals surface area contributed by atoms with Crippen LogP contribution in [-0.2, 0) is 17.4 Å². The molecule has 0 aliphatic heterocycles. The van der Waals surface area contributed by atoms with Crippen molar-refractivity contribution in [2.45, 2.75) is 50.3 Å². The molecule has 0 spiro atoms. The van der Waals surface area contributed by atoms with Crippen LogP contribution in [0.2, 0.25) is 0 Å². The number of aldehydes is 1. The lowest BCUT2D eigenvalue weighted by molar-refractivity contribution is 0.0951. The number of carbonyl (C=O) groups excluding carboxylic acids is 2. The van der Waals surface area contributed by atoms with E-state index in [0.717, 1.165) is 24.3 Å². The van der Waals surface area contributed by atoms with Gasteiger partial charge in [-0.1, -0.05) is 32.6 Å². The summed E-state index contributed by atoms with van der Waals surface area (Å²) < 4.78 is 14.6. The van der Waals surface area contributed by atoms with Crippen LogP contribution in [-0.4, -0.2) is 34.0 Å². The number of carbonyl (C=O) groups is 2. The second-order valence-corrected chi connectivity index (χ2v) is 8.81. The zero-order valence-corrected chi connectivity index (χ0v) is 17.9. The van der Waals surface area contributed by atoms with Crippen LogP contribution in [0.3, 0.4) is 0 Å². The number of aryl methyl sites for hydroxylation is 1. The van der Waals surface area contributed by atoms with E-state index in [9.17, 15) is 13.8 Å². The zero-order chi connectivity index (χ0) is 20.8. The minimum atomic E-state index is -1.59. The maximum atomic E-state index is 13.1. The molecule has 2 aromatic rings. The van der Waals surface area contributed by atoms with Crippen molar-refractivity contribution in [3.63, 3.8) is 0 Å². The molecular weight excluding hydrogens is 386 g/mol. The number of amides is 1. The van der Waals surface area contributed by atoms with Gasteiger partial charge in [-0.2, -0.15) is 0 Å². The summed E-state index contributed by atoms with van der Waals surface area (Å²) in [6.45, 7) is 2.66. The summed E-state index contributed by atoms with van der Waals surface area (Å²) in [5.74, 6) is 0.606. The molecule has 1 unspecified atom stereocenters. The van der Waals surface area contributed by atoms with E-state index in [2.05, 4.69) is 10.6 Å². The monoisotopic (exact) mass is 415 g/mol. The molecule has 1 saturated carbocycles. The van der Waals surface area contributed by atoms with Crippen LogP contribution in [0.25, 0.3) is 0 Å². The molecule has 1 fully saturated rings. The van der Waals surface area contributed by atoms with E-state index in [4.69, 9.17) is 0 Å². The van der Waals surface area contributed by atoms with Crippen LogP contribution >= 0.6 is 0 Å². The molecule has 1 aliphatic rings. The highest BCUT2D eigenvalue weighted by atomic mass is 32.2. The fourth-order valence-electron chi connectivity index (χ4n) is 3.85. The third-order valence-electron chi connectivity index (χ3n) is 5.59. The molecule has 6 nitrogen and oxygen atoms in total. The lowest BCUT2D eigenvalue weighted by atomic mass is 10.0. The predicted octanol–water partition coefficient (Wildman–Crippen LogP) is 3.79. The normalized spacial score (nSPS) is 15.2. The molecule has 1 aromatic carbocycles. The quantitative estimate of drug-likeness (QED) is 0.611. The highest BCUT2D eigenvalue weighted by Gasteiger charge is 2.18. The molecule has 1 aliphatic carbocycles. The third-order valence-corrected chi connectivity index (χ3v) is 7.00. The standard InChI is InChI=1S/C22H29N3O3S/c1-3-16-12-19(15-26)25(14-16)29(28)21-9-8-18(13-20(21)23-2)22(27)24-11-10-17-6-4-5-7-17/h8-9,12-15,17,23H,3-7,10-11H2,1-2H3,(H,24,27). The molecule has 1 amide bonds. The summed E-state index contributed by atoms with van der Waals surface area (Å²) in [6, 6.07) is 6.83. The van der Waals surface area contributed by atoms with Crippen LogP contribution in [0, 0.1) is 5.92 Å². The Morgan fingerprint density at radius 1 is 1.28 bits per heavy atom.